The van der Waals surface area contributed by atoms with E-state index in [1.165, 1.54) is 0 Å². The molecular formula is C20H25ClN4O. The third kappa shape index (κ3) is 3.64. The zero-order chi connectivity index (χ0) is 18.1. The third-order valence-electron chi connectivity index (χ3n) is 5.56. The standard InChI is InChI=1S/C20H25ClN4O/c1-14-4-3-8-25(14)20(26)13-24-9-7-16(12-24)23-19-6-2-5-18-17(19)10-15(21)11-22-18/h2,5-6,10-11,14,16,23H,3-4,7-9,12-13H2,1H3/t14-,16+/m1/s1. The molecule has 0 aliphatic carbocycles. The highest BCUT2D eigenvalue weighted by molar-refractivity contribution is 6.31. The maximum absolute atomic E-state index is 12.5. The Bertz CT molecular complexity index is 811. The number of benzene rings is 1. The van der Waals surface area contributed by atoms with Gasteiger partial charge in [0.2, 0.25) is 5.91 Å². The number of nitrogens with one attached hydrogen (secondary N) is 1. The van der Waals surface area contributed by atoms with Crippen molar-refractivity contribution in [2.24, 2.45) is 0 Å². The second-order valence-corrected chi connectivity index (χ2v) is 7.91. The zero-order valence-electron chi connectivity index (χ0n) is 15.1. The maximum Gasteiger partial charge on any atom is 0.236 e. The van der Waals surface area contributed by atoms with Crippen molar-refractivity contribution in [1.82, 2.24) is 14.8 Å². The lowest BCUT2D eigenvalue weighted by Gasteiger charge is -2.25. The molecule has 1 amide bonds. The molecule has 0 saturated carbocycles. The van der Waals surface area contributed by atoms with Crippen molar-refractivity contribution in [2.45, 2.75) is 38.3 Å². The van der Waals surface area contributed by atoms with Crippen LogP contribution in [0.4, 0.5) is 5.69 Å². The van der Waals surface area contributed by atoms with Gasteiger partial charge in [0.15, 0.2) is 0 Å². The van der Waals surface area contributed by atoms with Gasteiger partial charge in [-0.25, -0.2) is 0 Å². The van der Waals surface area contributed by atoms with Crippen LogP contribution in [0.3, 0.4) is 0 Å². The van der Waals surface area contributed by atoms with Gasteiger partial charge in [0.1, 0.15) is 0 Å². The normalized spacial score (nSPS) is 23.7. The molecule has 2 atom stereocenters. The number of carbonyl (C=O) groups excluding carboxylic acids is 1. The molecular weight excluding hydrogens is 348 g/mol. The molecule has 5 nitrogen and oxygen atoms in total. The molecule has 0 spiro atoms. The Morgan fingerprint density at radius 2 is 2.23 bits per heavy atom. The van der Waals surface area contributed by atoms with Gasteiger partial charge in [0.25, 0.3) is 0 Å². The van der Waals surface area contributed by atoms with E-state index in [-0.39, 0.29) is 5.91 Å². The minimum Gasteiger partial charge on any atom is -0.380 e. The van der Waals surface area contributed by atoms with Crippen molar-refractivity contribution in [3.8, 4) is 0 Å². The number of hydrogen-bond donors (Lipinski definition) is 1. The van der Waals surface area contributed by atoms with Crippen LogP contribution < -0.4 is 5.32 Å². The number of anilines is 1. The van der Waals surface area contributed by atoms with Gasteiger partial charge >= 0.3 is 0 Å². The van der Waals surface area contributed by atoms with E-state index in [0.717, 1.165) is 55.5 Å². The maximum atomic E-state index is 12.5. The summed E-state index contributed by atoms with van der Waals surface area (Å²) in [5, 5.41) is 5.31. The van der Waals surface area contributed by atoms with Crippen LogP contribution in [0.1, 0.15) is 26.2 Å². The van der Waals surface area contributed by atoms with E-state index in [2.05, 4.69) is 28.2 Å². The number of carbonyl (C=O) groups is 1. The number of halogens is 1. The van der Waals surface area contributed by atoms with Crippen molar-refractivity contribution >= 4 is 34.1 Å². The Kier molecular flexibility index (Phi) is 5.00. The smallest absolute Gasteiger partial charge is 0.236 e. The number of fused-ring (bicyclic) bond motifs is 1. The van der Waals surface area contributed by atoms with E-state index in [4.69, 9.17) is 11.6 Å². The van der Waals surface area contributed by atoms with Gasteiger partial charge in [-0.3, -0.25) is 14.7 Å². The first-order chi connectivity index (χ1) is 12.6. The number of rotatable bonds is 4. The molecule has 2 aromatic rings. The highest BCUT2D eigenvalue weighted by Gasteiger charge is 2.29. The summed E-state index contributed by atoms with van der Waals surface area (Å²) in [7, 11) is 0. The predicted octanol–water partition coefficient (Wildman–Crippen LogP) is 3.39. The molecule has 0 bridgehead atoms. The van der Waals surface area contributed by atoms with E-state index in [0.29, 0.717) is 23.7 Å². The number of nitrogens with zero attached hydrogens (tertiary/aromatic N) is 3. The Morgan fingerprint density at radius 3 is 3.04 bits per heavy atom. The van der Waals surface area contributed by atoms with Crippen LogP contribution in [0.15, 0.2) is 30.5 Å². The van der Waals surface area contributed by atoms with E-state index < -0.39 is 0 Å². The van der Waals surface area contributed by atoms with E-state index in [1.807, 2.05) is 23.1 Å². The van der Waals surface area contributed by atoms with Crippen LogP contribution in [0.25, 0.3) is 10.9 Å². The molecule has 1 aromatic carbocycles. The number of amides is 1. The monoisotopic (exact) mass is 372 g/mol. The highest BCUT2D eigenvalue weighted by atomic mass is 35.5. The molecule has 1 aromatic heterocycles. The fraction of sp³-hybridized carbons (Fsp3) is 0.500. The zero-order valence-corrected chi connectivity index (χ0v) is 15.9. The molecule has 2 aliphatic heterocycles. The first-order valence-corrected chi connectivity index (χ1v) is 9.80. The Hall–Kier alpha value is -1.85. The molecule has 2 saturated heterocycles. The number of likely N-dealkylation sites (tertiary alicyclic amines) is 2. The van der Waals surface area contributed by atoms with Gasteiger partial charge in [0, 0.05) is 49.0 Å². The van der Waals surface area contributed by atoms with Crippen LogP contribution in [0.2, 0.25) is 5.02 Å². The Balaban J connectivity index is 1.39. The van der Waals surface area contributed by atoms with Gasteiger partial charge in [-0.15, -0.1) is 0 Å². The minimum atomic E-state index is 0.275. The quantitative estimate of drug-likeness (QED) is 0.893. The number of hydrogen-bond acceptors (Lipinski definition) is 4. The molecule has 1 N–H and O–H groups in total. The lowest BCUT2D eigenvalue weighted by atomic mass is 10.1. The van der Waals surface area contributed by atoms with Gasteiger partial charge in [0.05, 0.1) is 17.1 Å². The first kappa shape index (κ1) is 17.6. The lowest BCUT2D eigenvalue weighted by Crippen LogP contribution is -2.41. The molecule has 2 aliphatic rings. The SMILES string of the molecule is C[C@@H]1CCCN1C(=O)CN1CC[C@H](Nc2cccc3ncc(Cl)cc23)C1. The second kappa shape index (κ2) is 7.41. The van der Waals surface area contributed by atoms with Crippen LogP contribution in [0, 0.1) is 0 Å². The Labute approximate surface area is 159 Å². The first-order valence-electron chi connectivity index (χ1n) is 9.43. The van der Waals surface area contributed by atoms with E-state index in [9.17, 15) is 4.79 Å². The van der Waals surface area contributed by atoms with Crippen LogP contribution in [-0.4, -0.2) is 59.0 Å². The minimum absolute atomic E-state index is 0.275. The summed E-state index contributed by atoms with van der Waals surface area (Å²) in [6.45, 7) is 5.44. The fourth-order valence-electron chi connectivity index (χ4n) is 4.15. The van der Waals surface area contributed by atoms with E-state index in [1.54, 1.807) is 6.20 Å². The molecule has 2 fully saturated rings. The summed E-state index contributed by atoms with van der Waals surface area (Å²) in [6, 6.07) is 8.76. The van der Waals surface area contributed by atoms with Crippen molar-refractivity contribution in [1.29, 1.82) is 0 Å². The van der Waals surface area contributed by atoms with Crippen LogP contribution in [-0.2, 0) is 4.79 Å². The molecule has 0 unspecified atom stereocenters. The summed E-state index contributed by atoms with van der Waals surface area (Å²) in [5.74, 6) is 0.275. The third-order valence-corrected chi connectivity index (χ3v) is 5.76. The van der Waals surface area contributed by atoms with Crippen molar-refractivity contribution in [3.05, 3.63) is 35.5 Å². The van der Waals surface area contributed by atoms with Gasteiger partial charge in [-0.05, 0) is 44.4 Å². The molecule has 4 rings (SSSR count). The van der Waals surface area contributed by atoms with Gasteiger partial charge < -0.3 is 10.2 Å². The number of aromatic nitrogens is 1. The largest absolute Gasteiger partial charge is 0.380 e. The van der Waals surface area contributed by atoms with Crippen molar-refractivity contribution < 1.29 is 4.79 Å². The lowest BCUT2D eigenvalue weighted by molar-refractivity contribution is -0.132. The molecule has 3 heterocycles. The summed E-state index contributed by atoms with van der Waals surface area (Å²) < 4.78 is 0. The van der Waals surface area contributed by atoms with E-state index >= 15 is 0 Å². The molecule has 6 heteroatoms. The summed E-state index contributed by atoms with van der Waals surface area (Å²) in [4.78, 5) is 21.2. The van der Waals surface area contributed by atoms with Crippen LogP contribution >= 0.6 is 11.6 Å². The second-order valence-electron chi connectivity index (χ2n) is 7.47. The van der Waals surface area contributed by atoms with Gasteiger partial charge in [-0.1, -0.05) is 17.7 Å². The predicted molar refractivity (Wildman–Crippen MR) is 106 cm³/mol. The fourth-order valence-corrected chi connectivity index (χ4v) is 4.31. The average Bonchev–Trinajstić information content (AvgIpc) is 3.24. The van der Waals surface area contributed by atoms with Crippen LogP contribution in [0.5, 0.6) is 0 Å². The summed E-state index contributed by atoms with van der Waals surface area (Å²) in [5.41, 5.74) is 2.00. The topological polar surface area (TPSA) is 48.5 Å². The molecule has 26 heavy (non-hydrogen) atoms. The molecule has 0 radical (unpaired) electrons. The van der Waals surface area contributed by atoms with Crippen molar-refractivity contribution in [2.75, 3.05) is 31.5 Å². The van der Waals surface area contributed by atoms with Crippen molar-refractivity contribution in [3.63, 3.8) is 0 Å². The van der Waals surface area contributed by atoms with Gasteiger partial charge in [-0.2, -0.15) is 0 Å². The summed E-state index contributed by atoms with van der Waals surface area (Å²) >= 11 is 6.12. The Morgan fingerprint density at radius 1 is 1.35 bits per heavy atom. The molecule has 138 valence electrons. The summed E-state index contributed by atoms with van der Waals surface area (Å²) in [6.07, 6.45) is 4.98. The highest BCUT2D eigenvalue weighted by Crippen LogP contribution is 2.27. The number of pyridine rings is 1. The average molecular weight is 373 g/mol.